The zero-order chi connectivity index (χ0) is 18.8. The van der Waals surface area contributed by atoms with Crippen molar-refractivity contribution in [2.45, 2.75) is 27.3 Å². The smallest absolute Gasteiger partial charge is 0.343 e. The summed E-state index contributed by atoms with van der Waals surface area (Å²) in [5.74, 6) is -0.866. The Balaban J connectivity index is 1.82. The van der Waals surface area contributed by atoms with Crippen LogP contribution in [0.15, 0.2) is 30.3 Å². The van der Waals surface area contributed by atoms with E-state index in [-0.39, 0.29) is 11.5 Å². The number of nitrogens with one attached hydrogen (secondary N) is 2. The van der Waals surface area contributed by atoms with Crippen molar-refractivity contribution in [3.8, 4) is 0 Å². The first-order valence-electron chi connectivity index (χ1n) is 7.96. The molecule has 134 valence electrons. The number of H-pyrrole nitrogens is 1. The van der Waals surface area contributed by atoms with E-state index in [1.165, 1.54) is 0 Å². The Labute approximate surface area is 149 Å². The molecule has 26 heavy (non-hydrogen) atoms. The van der Waals surface area contributed by atoms with Gasteiger partial charge in [0.15, 0.2) is 5.69 Å². The van der Waals surface area contributed by atoms with E-state index in [1.54, 1.807) is 6.92 Å². The molecule has 0 saturated carbocycles. The summed E-state index contributed by atoms with van der Waals surface area (Å²) in [5, 5.41) is 23.8. The Kier molecular flexibility index (Phi) is 4.53. The molecule has 9 nitrogen and oxygen atoms in total. The second-order valence-corrected chi connectivity index (χ2v) is 5.98. The van der Waals surface area contributed by atoms with Gasteiger partial charge in [0.2, 0.25) is 0 Å². The van der Waals surface area contributed by atoms with Gasteiger partial charge in [-0.15, -0.1) is 5.10 Å². The van der Waals surface area contributed by atoms with Crippen LogP contribution in [0.4, 0.5) is 11.5 Å². The van der Waals surface area contributed by atoms with Crippen LogP contribution < -0.4 is 5.32 Å². The van der Waals surface area contributed by atoms with E-state index in [0.29, 0.717) is 17.9 Å². The van der Waals surface area contributed by atoms with Crippen LogP contribution in [0.3, 0.4) is 0 Å². The third-order valence-electron chi connectivity index (χ3n) is 4.20. The lowest BCUT2D eigenvalue weighted by Crippen LogP contribution is -2.14. The largest absolute Gasteiger partial charge is 0.358 e. The van der Waals surface area contributed by atoms with Crippen molar-refractivity contribution in [1.29, 1.82) is 0 Å². The fourth-order valence-electron chi connectivity index (χ4n) is 2.68. The van der Waals surface area contributed by atoms with Crippen molar-refractivity contribution in [2.24, 2.45) is 0 Å². The summed E-state index contributed by atoms with van der Waals surface area (Å²) in [6.07, 6.45) is 0. The van der Waals surface area contributed by atoms with Gasteiger partial charge >= 0.3 is 5.82 Å². The monoisotopic (exact) mass is 354 g/mol. The maximum absolute atomic E-state index is 12.3. The van der Waals surface area contributed by atoms with Gasteiger partial charge in [-0.1, -0.05) is 29.4 Å². The Morgan fingerprint density at radius 2 is 2.04 bits per heavy atom. The van der Waals surface area contributed by atoms with Crippen molar-refractivity contribution in [1.82, 2.24) is 20.0 Å². The molecule has 2 aromatic heterocycles. The number of aromatic amines is 1. The summed E-state index contributed by atoms with van der Waals surface area (Å²) in [6, 6.07) is 9.12. The topological polar surface area (TPSA) is 119 Å². The number of carbonyl (C=O) groups is 1. The van der Waals surface area contributed by atoms with Crippen molar-refractivity contribution < 1.29 is 9.72 Å². The molecule has 0 atom stereocenters. The summed E-state index contributed by atoms with van der Waals surface area (Å²) in [4.78, 5) is 22.4. The standard InChI is InChI=1S/C17H18N6O3/c1-10-6-4-5-7-13(10)9-22-12(3)16(11(2)21-22)18-17(24)14-8-15(20-19-14)23(25)26/h4-8H,9H2,1-3H3,(H,18,24)(H,19,20). The maximum atomic E-state index is 12.3. The zero-order valence-electron chi connectivity index (χ0n) is 14.6. The van der Waals surface area contributed by atoms with Crippen molar-refractivity contribution in [3.05, 3.63) is 68.7 Å². The second-order valence-electron chi connectivity index (χ2n) is 5.98. The van der Waals surface area contributed by atoms with Gasteiger partial charge in [0.1, 0.15) is 0 Å². The highest BCUT2D eigenvalue weighted by atomic mass is 16.6. The normalized spacial score (nSPS) is 10.7. The summed E-state index contributed by atoms with van der Waals surface area (Å²) in [7, 11) is 0. The Hall–Kier alpha value is -3.49. The Morgan fingerprint density at radius 1 is 1.31 bits per heavy atom. The van der Waals surface area contributed by atoms with Crippen LogP contribution >= 0.6 is 0 Å². The molecule has 3 aromatic rings. The van der Waals surface area contributed by atoms with Gasteiger partial charge in [-0.25, -0.2) is 0 Å². The first-order valence-corrected chi connectivity index (χ1v) is 7.96. The number of carbonyl (C=O) groups excluding carboxylic acids is 1. The van der Waals surface area contributed by atoms with Gasteiger partial charge in [-0.05, 0) is 36.8 Å². The predicted molar refractivity (Wildman–Crippen MR) is 95.2 cm³/mol. The SMILES string of the molecule is Cc1ccccc1Cn1nc(C)c(NC(=O)c2cc([N+](=O)[O-])[nH]n2)c1C. The molecular formula is C17H18N6O3. The van der Waals surface area contributed by atoms with Crippen LogP contribution in [0.2, 0.25) is 0 Å². The third-order valence-corrected chi connectivity index (χ3v) is 4.20. The molecule has 1 aromatic carbocycles. The number of nitrogens with zero attached hydrogens (tertiary/aromatic N) is 4. The molecule has 0 aliphatic rings. The minimum absolute atomic E-state index is 0.0536. The molecule has 3 rings (SSSR count). The molecule has 2 N–H and O–H groups in total. The first-order chi connectivity index (χ1) is 12.4. The molecule has 0 bridgehead atoms. The first kappa shape index (κ1) is 17.3. The molecular weight excluding hydrogens is 336 g/mol. The minimum Gasteiger partial charge on any atom is -0.358 e. The molecule has 0 unspecified atom stereocenters. The molecule has 9 heteroatoms. The maximum Gasteiger partial charge on any atom is 0.343 e. The van der Waals surface area contributed by atoms with E-state index < -0.39 is 10.8 Å². The number of anilines is 1. The van der Waals surface area contributed by atoms with Crippen LogP contribution in [0.5, 0.6) is 0 Å². The molecule has 0 fully saturated rings. The molecule has 0 spiro atoms. The van der Waals surface area contributed by atoms with Crippen LogP contribution in [-0.4, -0.2) is 30.8 Å². The zero-order valence-corrected chi connectivity index (χ0v) is 14.6. The fraction of sp³-hybridized carbons (Fsp3) is 0.235. The van der Waals surface area contributed by atoms with E-state index in [0.717, 1.165) is 22.9 Å². The number of benzene rings is 1. The van der Waals surface area contributed by atoms with Gasteiger partial charge in [0.05, 0.1) is 29.7 Å². The summed E-state index contributed by atoms with van der Waals surface area (Å²) in [6.45, 7) is 6.28. The Bertz CT molecular complexity index is 988. The molecule has 1 amide bonds. The van der Waals surface area contributed by atoms with Crippen LogP contribution in [0.1, 0.15) is 33.0 Å². The van der Waals surface area contributed by atoms with E-state index in [4.69, 9.17) is 0 Å². The fourth-order valence-corrected chi connectivity index (χ4v) is 2.68. The lowest BCUT2D eigenvalue weighted by atomic mass is 10.1. The highest BCUT2D eigenvalue weighted by molar-refractivity contribution is 6.03. The molecule has 2 heterocycles. The highest BCUT2D eigenvalue weighted by Crippen LogP contribution is 2.22. The van der Waals surface area contributed by atoms with E-state index in [9.17, 15) is 14.9 Å². The van der Waals surface area contributed by atoms with E-state index in [2.05, 4.69) is 20.6 Å². The molecule has 0 aliphatic carbocycles. The van der Waals surface area contributed by atoms with E-state index >= 15 is 0 Å². The average molecular weight is 354 g/mol. The van der Waals surface area contributed by atoms with Crippen LogP contribution in [0, 0.1) is 30.9 Å². The second kappa shape index (κ2) is 6.79. The Morgan fingerprint density at radius 3 is 2.69 bits per heavy atom. The average Bonchev–Trinajstić information content (AvgIpc) is 3.18. The number of amides is 1. The third kappa shape index (κ3) is 3.32. The van der Waals surface area contributed by atoms with Crippen molar-refractivity contribution in [2.75, 3.05) is 5.32 Å². The number of aryl methyl sites for hydroxylation is 2. The number of hydrogen-bond acceptors (Lipinski definition) is 5. The van der Waals surface area contributed by atoms with Gasteiger partial charge in [-0.3, -0.25) is 9.48 Å². The number of nitro groups is 1. The summed E-state index contributed by atoms with van der Waals surface area (Å²) < 4.78 is 1.82. The van der Waals surface area contributed by atoms with Crippen LogP contribution in [0.25, 0.3) is 0 Å². The van der Waals surface area contributed by atoms with Crippen molar-refractivity contribution >= 4 is 17.4 Å². The lowest BCUT2D eigenvalue weighted by Gasteiger charge is -2.08. The van der Waals surface area contributed by atoms with Crippen molar-refractivity contribution in [3.63, 3.8) is 0 Å². The van der Waals surface area contributed by atoms with Gasteiger partial charge < -0.3 is 15.4 Å². The quantitative estimate of drug-likeness (QED) is 0.539. The minimum atomic E-state index is -0.638. The summed E-state index contributed by atoms with van der Waals surface area (Å²) >= 11 is 0. The molecule has 0 radical (unpaired) electrons. The lowest BCUT2D eigenvalue weighted by molar-refractivity contribution is -0.389. The number of rotatable bonds is 5. The molecule has 0 aliphatic heterocycles. The summed E-state index contributed by atoms with van der Waals surface area (Å²) in [5.41, 5.74) is 4.28. The predicted octanol–water partition coefficient (Wildman–Crippen LogP) is 2.74. The van der Waals surface area contributed by atoms with Gasteiger partial charge in [0.25, 0.3) is 5.91 Å². The number of hydrogen-bond donors (Lipinski definition) is 2. The molecule has 0 saturated heterocycles. The van der Waals surface area contributed by atoms with Gasteiger partial charge in [0, 0.05) is 0 Å². The van der Waals surface area contributed by atoms with Gasteiger partial charge in [-0.2, -0.15) is 5.10 Å². The van der Waals surface area contributed by atoms with Crippen LogP contribution in [-0.2, 0) is 6.54 Å². The van der Waals surface area contributed by atoms with E-state index in [1.807, 2.05) is 42.8 Å². The highest BCUT2D eigenvalue weighted by Gasteiger charge is 2.20. The number of aromatic nitrogens is 4.